The number of rotatable bonds is 3. The molecule has 0 aliphatic carbocycles. The molecular formula is C28H24F2N4O. The number of halogens is 2. The highest BCUT2D eigenvalue weighted by atomic mass is 19.1. The van der Waals surface area contributed by atoms with Crippen molar-refractivity contribution in [3.63, 3.8) is 0 Å². The van der Waals surface area contributed by atoms with Crippen LogP contribution in [0.3, 0.4) is 0 Å². The molecule has 176 valence electrons. The van der Waals surface area contributed by atoms with E-state index in [0.29, 0.717) is 47.0 Å². The summed E-state index contributed by atoms with van der Waals surface area (Å²) in [6.07, 6.45) is 2.51. The second-order valence-electron chi connectivity index (χ2n) is 9.37. The Hall–Kier alpha value is -3.87. The largest absolute Gasteiger partial charge is 0.350 e. The highest BCUT2D eigenvalue weighted by molar-refractivity contribution is 6.01. The van der Waals surface area contributed by atoms with Crippen molar-refractivity contribution in [2.75, 3.05) is 24.5 Å². The molecule has 3 heterocycles. The molecule has 2 fully saturated rings. The van der Waals surface area contributed by atoms with E-state index in [1.165, 1.54) is 12.1 Å². The second kappa shape index (κ2) is 8.41. The lowest BCUT2D eigenvalue weighted by Gasteiger charge is -2.54. The predicted molar refractivity (Wildman–Crippen MR) is 131 cm³/mol. The van der Waals surface area contributed by atoms with Gasteiger partial charge in [-0.25, -0.2) is 13.8 Å². The summed E-state index contributed by atoms with van der Waals surface area (Å²) in [6.45, 7) is 3.61. The van der Waals surface area contributed by atoms with Gasteiger partial charge in [-0.1, -0.05) is 42.5 Å². The summed E-state index contributed by atoms with van der Waals surface area (Å²) < 4.78 is 28.9. The van der Waals surface area contributed by atoms with Gasteiger partial charge < -0.3 is 9.80 Å². The van der Waals surface area contributed by atoms with Crippen molar-refractivity contribution in [2.24, 2.45) is 5.92 Å². The molecule has 1 amide bonds. The van der Waals surface area contributed by atoms with Gasteiger partial charge in [0.1, 0.15) is 17.5 Å². The van der Waals surface area contributed by atoms with Crippen molar-refractivity contribution in [3.8, 4) is 11.1 Å². The third-order valence-corrected chi connectivity index (χ3v) is 7.26. The maximum absolute atomic E-state index is 15.4. The summed E-state index contributed by atoms with van der Waals surface area (Å²) in [5.74, 6) is 0.0716. The quantitative estimate of drug-likeness (QED) is 0.411. The zero-order chi connectivity index (χ0) is 24.1. The molecule has 2 aliphatic heterocycles. The molecular weight excluding hydrogens is 446 g/mol. The highest BCUT2D eigenvalue weighted by Crippen LogP contribution is 2.37. The molecule has 4 aromatic rings. The van der Waals surface area contributed by atoms with Gasteiger partial charge in [-0.2, -0.15) is 0 Å². The van der Waals surface area contributed by atoms with Crippen molar-refractivity contribution in [2.45, 2.75) is 19.4 Å². The van der Waals surface area contributed by atoms with Gasteiger partial charge in [-0.3, -0.25) is 9.78 Å². The third-order valence-electron chi connectivity index (χ3n) is 7.26. The van der Waals surface area contributed by atoms with E-state index >= 15 is 4.39 Å². The number of hydrogen-bond donors (Lipinski definition) is 0. The number of piperidine rings is 1. The van der Waals surface area contributed by atoms with Crippen molar-refractivity contribution in [1.29, 1.82) is 0 Å². The Morgan fingerprint density at radius 1 is 1.00 bits per heavy atom. The molecule has 0 saturated carbocycles. The molecule has 0 bridgehead atoms. The molecule has 1 unspecified atom stereocenters. The van der Waals surface area contributed by atoms with Crippen LogP contribution in [0.5, 0.6) is 0 Å². The molecule has 0 N–H and O–H groups in total. The van der Waals surface area contributed by atoms with E-state index in [2.05, 4.69) is 14.9 Å². The third kappa shape index (κ3) is 3.71. The van der Waals surface area contributed by atoms with E-state index in [9.17, 15) is 9.18 Å². The number of amides is 1. The Labute approximate surface area is 202 Å². The molecule has 2 aliphatic rings. The first-order valence-electron chi connectivity index (χ1n) is 11.8. The fraction of sp³-hybridized carbons (Fsp3) is 0.250. The van der Waals surface area contributed by atoms with E-state index in [1.807, 2.05) is 36.4 Å². The Morgan fingerprint density at radius 2 is 1.83 bits per heavy atom. The molecule has 0 radical (unpaired) electrons. The molecule has 3 aromatic carbocycles. The van der Waals surface area contributed by atoms with Crippen LogP contribution in [-0.4, -0.2) is 46.5 Å². The number of benzene rings is 3. The minimum absolute atomic E-state index is 0.0907. The van der Waals surface area contributed by atoms with Crippen LogP contribution in [0.25, 0.3) is 22.2 Å². The summed E-state index contributed by atoms with van der Waals surface area (Å²) >= 11 is 0. The van der Waals surface area contributed by atoms with Crippen LogP contribution < -0.4 is 4.90 Å². The average Bonchev–Trinajstić information content (AvgIpc) is 2.86. The minimum Gasteiger partial charge on any atom is -0.350 e. The first-order valence-corrected chi connectivity index (χ1v) is 11.8. The van der Waals surface area contributed by atoms with Crippen LogP contribution in [-0.2, 0) is 0 Å². The SMILES string of the molecule is Cc1ccc(-c2ccccc2)c(C(=O)N2CCC3CN(c4cnc5cc(F)ccc5n4)[C@H]3C2)c1F. The Balaban J connectivity index is 1.28. The van der Waals surface area contributed by atoms with Gasteiger partial charge in [0.25, 0.3) is 5.91 Å². The topological polar surface area (TPSA) is 49.3 Å². The maximum Gasteiger partial charge on any atom is 0.257 e. The molecule has 5 nitrogen and oxygen atoms in total. The Bertz CT molecular complexity index is 1440. The number of aryl methyl sites for hydroxylation is 1. The lowest BCUT2D eigenvalue weighted by molar-refractivity contribution is 0.0587. The van der Waals surface area contributed by atoms with Crippen LogP contribution in [0.2, 0.25) is 0 Å². The van der Waals surface area contributed by atoms with Gasteiger partial charge in [-0.05, 0) is 42.2 Å². The van der Waals surface area contributed by atoms with Crippen molar-refractivity contribution >= 4 is 22.8 Å². The summed E-state index contributed by atoms with van der Waals surface area (Å²) in [5, 5.41) is 0. The molecule has 0 spiro atoms. The highest BCUT2D eigenvalue weighted by Gasteiger charge is 2.45. The van der Waals surface area contributed by atoms with Crippen LogP contribution in [0.4, 0.5) is 14.6 Å². The van der Waals surface area contributed by atoms with Gasteiger partial charge in [0.05, 0.1) is 28.8 Å². The van der Waals surface area contributed by atoms with Gasteiger partial charge in [0.15, 0.2) is 0 Å². The predicted octanol–water partition coefficient (Wildman–Crippen LogP) is 5.23. The van der Waals surface area contributed by atoms with Crippen LogP contribution in [0, 0.1) is 24.5 Å². The number of carbonyl (C=O) groups is 1. The van der Waals surface area contributed by atoms with E-state index < -0.39 is 5.82 Å². The number of aromatic nitrogens is 2. The number of hydrogen-bond acceptors (Lipinski definition) is 4. The number of fused-ring (bicyclic) bond motifs is 2. The number of likely N-dealkylation sites (tertiary alicyclic amines) is 1. The van der Waals surface area contributed by atoms with Crippen LogP contribution in [0.15, 0.2) is 66.9 Å². The van der Waals surface area contributed by atoms with E-state index in [1.54, 1.807) is 30.2 Å². The lowest BCUT2D eigenvalue weighted by Crippen LogP contribution is -2.65. The first-order chi connectivity index (χ1) is 17.0. The van der Waals surface area contributed by atoms with Crippen molar-refractivity contribution in [1.82, 2.24) is 14.9 Å². The first kappa shape index (κ1) is 21.6. The van der Waals surface area contributed by atoms with Crippen LogP contribution >= 0.6 is 0 Å². The number of anilines is 1. The zero-order valence-corrected chi connectivity index (χ0v) is 19.3. The lowest BCUT2D eigenvalue weighted by atomic mass is 9.82. The van der Waals surface area contributed by atoms with E-state index in [0.717, 1.165) is 18.5 Å². The summed E-state index contributed by atoms with van der Waals surface area (Å²) in [7, 11) is 0. The monoisotopic (exact) mass is 470 g/mol. The van der Waals surface area contributed by atoms with Gasteiger partial charge in [0, 0.05) is 31.6 Å². The molecule has 35 heavy (non-hydrogen) atoms. The molecule has 6 rings (SSSR count). The smallest absolute Gasteiger partial charge is 0.257 e. The zero-order valence-electron chi connectivity index (χ0n) is 19.3. The molecule has 2 saturated heterocycles. The van der Waals surface area contributed by atoms with Gasteiger partial charge in [-0.15, -0.1) is 0 Å². The fourth-order valence-corrected chi connectivity index (χ4v) is 5.26. The number of carbonyl (C=O) groups excluding carboxylic acids is 1. The summed E-state index contributed by atoms with van der Waals surface area (Å²) in [5.41, 5.74) is 3.15. The Morgan fingerprint density at radius 3 is 2.66 bits per heavy atom. The maximum atomic E-state index is 15.4. The normalized spacial score (nSPS) is 19.4. The fourth-order valence-electron chi connectivity index (χ4n) is 5.26. The van der Waals surface area contributed by atoms with E-state index in [-0.39, 0.29) is 23.3 Å². The Kier molecular flexibility index (Phi) is 5.20. The van der Waals surface area contributed by atoms with Gasteiger partial charge >= 0.3 is 0 Å². The van der Waals surface area contributed by atoms with Crippen molar-refractivity contribution < 1.29 is 13.6 Å². The minimum atomic E-state index is -0.462. The van der Waals surface area contributed by atoms with E-state index in [4.69, 9.17) is 0 Å². The summed E-state index contributed by atoms with van der Waals surface area (Å²) in [6, 6.07) is 17.5. The second-order valence-corrected chi connectivity index (χ2v) is 9.37. The average molecular weight is 471 g/mol. The van der Waals surface area contributed by atoms with Crippen molar-refractivity contribution in [3.05, 3.63) is 89.6 Å². The molecule has 1 aromatic heterocycles. The summed E-state index contributed by atoms with van der Waals surface area (Å²) in [4.78, 5) is 26.7. The van der Waals surface area contributed by atoms with Gasteiger partial charge in [0.2, 0.25) is 0 Å². The number of nitrogens with zero attached hydrogens (tertiary/aromatic N) is 4. The van der Waals surface area contributed by atoms with Crippen LogP contribution in [0.1, 0.15) is 22.3 Å². The molecule has 2 atom stereocenters. The molecule has 7 heteroatoms. The standard InChI is InChI=1S/C28H24F2N4O/c1-17-7-9-21(18-5-3-2-4-6-18)26(27(17)30)28(35)33-12-11-19-15-34(24(19)16-33)25-14-31-23-13-20(29)8-10-22(23)32-25/h2-10,13-14,19,24H,11-12,15-16H2,1H3/t19?,24-/m0/s1.